The average molecular weight is 386 g/mol. The first-order chi connectivity index (χ1) is 12.8. The fourth-order valence-corrected chi connectivity index (χ4v) is 3.09. The predicted molar refractivity (Wildman–Crippen MR) is 89.1 cm³/mol. The standard InChI is InChI=1S/C17H18F4N4O2/c1-27-16(17(19,20)21)5-9-24(10-6-16)15(26)23-13-11-12(18)3-4-14(13)25-8-2-7-22-25/h2-4,7-8,11H,5-6,9-10H2,1H3,(H,23,26). The van der Waals surface area contributed by atoms with Crippen molar-refractivity contribution in [2.75, 3.05) is 25.5 Å². The van der Waals surface area contributed by atoms with E-state index in [1.54, 1.807) is 12.3 Å². The number of likely N-dealkylation sites (tertiary alicyclic amines) is 1. The number of alkyl halides is 3. The number of carbonyl (C=O) groups excluding carboxylic acids is 1. The number of nitrogens with zero attached hydrogens (tertiary/aromatic N) is 3. The Labute approximate surface area is 152 Å². The fourth-order valence-electron chi connectivity index (χ4n) is 3.09. The zero-order valence-corrected chi connectivity index (χ0v) is 14.5. The maximum Gasteiger partial charge on any atom is 0.417 e. The van der Waals surface area contributed by atoms with Crippen LogP contribution in [-0.4, -0.2) is 52.7 Å². The lowest BCUT2D eigenvalue weighted by molar-refractivity contribution is -0.280. The summed E-state index contributed by atoms with van der Waals surface area (Å²) in [6.07, 6.45) is -2.09. The van der Waals surface area contributed by atoms with Gasteiger partial charge in [-0.3, -0.25) is 0 Å². The maximum absolute atomic E-state index is 13.6. The number of hydrogen-bond acceptors (Lipinski definition) is 3. The van der Waals surface area contributed by atoms with Gasteiger partial charge in [-0.15, -0.1) is 0 Å². The van der Waals surface area contributed by atoms with Gasteiger partial charge in [0, 0.05) is 45.4 Å². The molecule has 0 saturated carbocycles. The highest BCUT2D eigenvalue weighted by Crippen LogP contribution is 2.41. The summed E-state index contributed by atoms with van der Waals surface area (Å²) in [5.41, 5.74) is -1.64. The van der Waals surface area contributed by atoms with Crippen LogP contribution in [0.5, 0.6) is 0 Å². The van der Waals surface area contributed by atoms with Crippen LogP contribution in [0.3, 0.4) is 0 Å². The molecule has 0 bridgehead atoms. The van der Waals surface area contributed by atoms with Crippen molar-refractivity contribution in [1.82, 2.24) is 14.7 Å². The largest absolute Gasteiger partial charge is 0.417 e. The van der Waals surface area contributed by atoms with E-state index in [0.717, 1.165) is 13.2 Å². The molecule has 27 heavy (non-hydrogen) atoms. The highest BCUT2D eigenvalue weighted by Gasteiger charge is 2.56. The van der Waals surface area contributed by atoms with Crippen molar-refractivity contribution in [2.45, 2.75) is 24.6 Å². The summed E-state index contributed by atoms with van der Waals surface area (Å²) in [5, 5.41) is 6.60. The van der Waals surface area contributed by atoms with Gasteiger partial charge in [-0.25, -0.2) is 13.9 Å². The minimum absolute atomic E-state index is 0.133. The van der Waals surface area contributed by atoms with Crippen molar-refractivity contribution in [3.63, 3.8) is 0 Å². The van der Waals surface area contributed by atoms with Crippen molar-refractivity contribution < 1.29 is 27.1 Å². The number of methoxy groups -OCH3 is 1. The van der Waals surface area contributed by atoms with Crippen molar-refractivity contribution >= 4 is 11.7 Å². The number of amides is 2. The van der Waals surface area contributed by atoms with Crippen LogP contribution in [0.1, 0.15) is 12.8 Å². The molecule has 2 heterocycles. The summed E-state index contributed by atoms with van der Waals surface area (Å²) in [4.78, 5) is 13.7. The molecule has 0 spiro atoms. The average Bonchev–Trinajstić information content (AvgIpc) is 3.15. The van der Waals surface area contributed by atoms with E-state index in [2.05, 4.69) is 10.4 Å². The molecule has 0 radical (unpaired) electrons. The molecule has 1 aromatic carbocycles. The normalized spacial score (nSPS) is 17.0. The number of anilines is 1. The SMILES string of the molecule is COC1(C(F)(F)F)CCN(C(=O)Nc2cc(F)ccc2-n2cccn2)CC1. The highest BCUT2D eigenvalue weighted by atomic mass is 19.4. The molecule has 1 N–H and O–H groups in total. The number of urea groups is 1. The molecule has 1 fully saturated rings. The van der Waals surface area contributed by atoms with Crippen LogP contribution in [0.25, 0.3) is 5.69 Å². The van der Waals surface area contributed by atoms with Crippen molar-refractivity contribution in [3.8, 4) is 5.69 Å². The van der Waals surface area contributed by atoms with E-state index < -0.39 is 23.6 Å². The molecule has 3 rings (SSSR count). The van der Waals surface area contributed by atoms with Crippen molar-refractivity contribution in [2.24, 2.45) is 0 Å². The molecule has 1 saturated heterocycles. The zero-order valence-electron chi connectivity index (χ0n) is 14.5. The van der Waals surface area contributed by atoms with Gasteiger partial charge in [-0.05, 0) is 24.3 Å². The number of carbonyl (C=O) groups is 1. The monoisotopic (exact) mass is 386 g/mol. The quantitative estimate of drug-likeness (QED) is 0.821. The Morgan fingerprint density at radius 1 is 1.30 bits per heavy atom. The third-order valence-corrected chi connectivity index (χ3v) is 4.72. The van der Waals surface area contributed by atoms with Gasteiger partial charge >= 0.3 is 12.2 Å². The molecule has 0 unspecified atom stereocenters. The van der Waals surface area contributed by atoms with Crippen molar-refractivity contribution in [3.05, 3.63) is 42.5 Å². The van der Waals surface area contributed by atoms with E-state index in [9.17, 15) is 22.4 Å². The first-order valence-electron chi connectivity index (χ1n) is 8.23. The lowest BCUT2D eigenvalue weighted by atomic mass is 9.90. The van der Waals surface area contributed by atoms with Gasteiger partial charge in [0.15, 0.2) is 5.60 Å². The Bertz CT molecular complexity index is 800. The predicted octanol–water partition coefficient (Wildman–Crippen LogP) is 3.59. The summed E-state index contributed by atoms with van der Waals surface area (Å²) in [6, 6.07) is 4.87. The van der Waals surface area contributed by atoms with Gasteiger partial charge in [0.25, 0.3) is 0 Å². The molecule has 146 valence electrons. The van der Waals surface area contributed by atoms with Gasteiger partial charge in [0.2, 0.25) is 0 Å². The second-order valence-electron chi connectivity index (χ2n) is 6.23. The maximum atomic E-state index is 13.6. The van der Waals surface area contributed by atoms with E-state index in [1.807, 2.05) is 0 Å². The Morgan fingerprint density at radius 2 is 2.00 bits per heavy atom. The Balaban J connectivity index is 1.73. The third-order valence-electron chi connectivity index (χ3n) is 4.72. The third kappa shape index (κ3) is 3.75. The molecule has 1 aromatic heterocycles. The number of ether oxygens (including phenoxy) is 1. The van der Waals surface area contributed by atoms with E-state index in [1.165, 1.54) is 27.9 Å². The molecule has 6 nitrogen and oxygen atoms in total. The smallest absolute Gasteiger partial charge is 0.369 e. The van der Waals surface area contributed by atoms with Gasteiger partial charge < -0.3 is 15.0 Å². The summed E-state index contributed by atoms with van der Waals surface area (Å²) in [5.74, 6) is -0.560. The molecular formula is C17H18F4N4O2. The summed E-state index contributed by atoms with van der Waals surface area (Å²) >= 11 is 0. The molecule has 2 amide bonds. The molecule has 0 aliphatic carbocycles. The Morgan fingerprint density at radius 3 is 2.56 bits per heavy atom. The number of benzene rings is 1. The lowest BCUT2D eigenvalue weighted by Gasteiger charge is -2.41. The van der Waals surface area contributed by atoms with Crippen LogP contribution < -0.4 is 5.32 Å². The van der Waals surface area contributed by atoms with Gasteiger partial charge in [-0.2, -0.15) is 18.3 Å². The second-order valence-corrected chi connectivity index (χ2v) is 6.23. The summed E-state index contributed by atoms with van der Waals surface area (Å²) < 4.78 is 59.5. The number of nitrogens with one attached hydrogen (secondary N) is 1. The zero-order chi connectivity index (χ0) is 19.7. The first kappa shape index (κ1) is 19.2. The summed E-state index contributed by atoms with van der Waals surface area (Å²) in [7, 11) is 1.02. The number of aromatic nitrogens is 2. The minimum Gasteiger partial charge on any atom is -0.369 e. The van der Waals surface area contributed by atoms with Crippen LogP contribution in [0.2, 0.25) is 0 Å². The second kappa shape index (κ2) is 7.18. The number of rotatable bonds is 3. The molecule has 0 atom stereocenters. The Hall–Kier alpha value is -2.62. The van der Waals surface area contributed by atoms with E-state index in [-0.39, 0.29) is 31.6 Å². The topological polar surface area (TPSA) is 59.4 Å². The summed E-state index contributed by atoms with van der Waals surface area (Å²) in [6.45, 7) is -0.267. The molecule has 1 aliphatic rings. The molecule has 10 heteroatoms. The fraction of sp³-hybridized carbons (Fsp3) is 0.412. The van der Waals surface area contributed by atoms with Gasteiger partial charge in [0.1, 0.15) is 5.82 Å². The van der Waals surface area contributed by atoms with Gasteiger partial charge in [0.05, 0.1) is 11.4 Å². The number of hydrogen-bond donors (Lipinski definition) is 1. The van der Waals surface area contributed by atoms with Crippen LogP contribution in [0.15, 0.2) is 36.7 Å². The van der Waals surface area contributed by atoms with Crippen LogP contribution in [0.4, 0.5) is 28.0 Å². The van der Waals surface area contributed by atoms with Gasteiger partial charge in [-0.1, -0.05) is 0 Å². The van der Waals surface area contributed by atoms with E-state index in [4.69, 9.17) is 4.74 Å². The lowest BCUT2D eigenvalue weighted by Crippen LogP contribution is -2.56. The van der Waals surface area contributed by atoms with Crippen molar-refractivity contribution in [1.29, 1.82) is 0 Å². The number of halogens is 4. The molecular weight excluding hydrogens is 368 g/mol. The number of piperidine rings is 1. The molecule has 1 aliphatic heterocycles. The van der Waals surface area contributed by atoms with Crippen LogP contribution >= 0.6 is 0 Å². The minimum atomic E-state index is -4.51. The van der Waals surface area contributed by atoms with Crippen LogP contribution in [-0.2, 0) is 4.74 Å². The Kier molecular flexibility index (Phi) is 5.09. The molecule has 2 aromatic rings. The van der Waals surface area contributed by atoms with E-state index >= 15 is 0 Å². The van der Waals surface area contributed by atoms with E-state index in [0.29, 0.717) is 5.69 Å². The highest BCUT2D eigenvalue weighted by molar-refractivity contribution is 5.91. The first-order valence-corrected chi connectivity index (χ1v) is 8.23. The van der Waals surface area contributed by atoms with Crippen LogP contribution in [0, 0.1) is 5.82 Å².